The van der Waals surface area contributed by atoms with Gasteiger partial charge in [0.25, 0.3) is 0 Å². The van der Waals surface area contributed by atoms with Gasteiger partial charge in [-0.05, 0) is 24.7 Å². The summed E-state index contributed by atoms with van der Waals surface area (Å²) in [5, 5.41) is 0. The molecule has 1 heteroatoms. The number of alkyl halides is 1. The van der Waals surface area contributed by atoms with E-state index >= 15 is 0 Å². The minimum atomic E-state index is 0.577. The van der Waals surface area contributed by atoms with Gasteiger partial charge in [-0.3, -0.25) is 0 Å². The molecule has 0 atom stereocenters. The minimum absolute atomic E-state index is 0.577. The maximum Gasteiger partial charge on any atom is 0.0279 e. The fourth-order valence-corrected chi connectivity index (χ4v) is 2.63. The number of unbranched alkanes of at least 4 members (excludes halogenated alkanes) is 4. The molecule has 0 aliphatic heterocycles. The highest BCUT2D eigenvalue weighted by Gasteiger charge is 2.34. The van der Waals surface area contributed by atoms with Crippen LogP contribution in [-0.4, -0.2) is 5.88 Å². The van der Waals surface area contributed by atoms with E-state index in [0.29, 0.717) is 5.41 Å². The van der Waals surface area contributed by atoms with Gasteiger partial charge in [-0.2, -0.15) is 0 Å². The van der Waals surface area contributed by atoms with E-state index in [-0.39, 0.29) is 0 Å². The normalized spacial score (nSPS) is 19.8. The molecule has 13 heavy (non-hydrogen) atoms. The molecule has 0 aromatic heterocycles. The van der Waals surface area contributed by atoms with Gasteiger partial charge in [0.05, 0.1) is 0 Å². The topological polar surface area (TPSA) is 0 Å². The summed E-state index contributed by atoms with van der Waals surface area (Å²) in [4.78, 5) is 0. The average Bonchev–Trinajstić information content (AvgIpc) is 2.09. The molecule has 0 radical (unpaired) electrons. The van der Waals surface area contributed by atoms with E-state index in [1.165, 1.54) is 57.8 Å². The van der Waals surface area contributed by atoms with E-state index in [9.17, 15) is 0 Å². The molecule has 0 aromatic rings. The first-order valence-electron chi connectivity index (χ1n) is 5.89. The number of hydrogen-bond acceptors (Lipinski definition) is 0. The third kappa shape index (κ3) is 3.50. The molecular weight excluding hydrogens is 180 g/mol. The first-order chi connectivity index (χ1) is 6.33. The van der Waals surface area contributed by atoms with Crippen LogP contribution in [0.4, 0.5) is 0 Å². The fourth-order valence-electron chi connectivity index (χ4n) is 2.23. The average molecular weight is 203 g/mol. The van der Waals surface area contributed by atoms with Crippen molar-refractivity contribution in [3.05, 3.63) is 0 Å². The van der Waals surface area contributed by atoms with Gasteiger partial charge >= 0.3 is 0 Å². The molecule has 0 heterocycles. The van der Waals surface area contributed by atoms with Crippen molar-refractivity contribution in [2.24, 2.45) is 5.41 Å². The first kappa shape index (κ1) is 11.4. The van der Waals surface area contributed by atoms with Crippen LogP contribution in [0.2, 0.25) is 0 Å². The Kier molecular flexibility index (Phi) is 5.16. The predicted octanol–water partition coefficient (Wildman–Crippen LogP) is 4.76. The summed E-state index contributed by atoms with van der Waals surface area (Å²) in [6.07, 6.45) is 12.6. The van der Waals surface area contributed by atoms with Gasteiger partial charge < -0.3 is 0 Å². The summed E-state index contributed by atoms with van der Waals surface area (Å²) >= 11 is 6.00. The van der Waals surface area contributed by atoms with Gasteiger partial charge in [-0.25, -0.2) is 0 Å². The van der Waals surface area contributed by atoms with Crippen molar-refractivity contribution in [2.75, 3.05) is 5.88 Å². The Morgan fingerprint density at radius 1 is 1.08 bits per heavy atom. The van der Waals surface area contributed by atoms with Gasteiger partial charge in [0.1, 0.15) is 0 Å². The zero-order valence-electron chi connectivity index (χ0n) is 8.95. The van der Waals surface area contributed by atoms with E-state index in [1.807, 2.05) is 0 Å². The summed E-state index contributed by atoms with van der Waals surface area (Å²) in [5.41, 5.74) is 0.577. The molecule has 0 nitrogen and oxygen atoms in total. The molecule has 0 aromatic carbocycles. The molecule has 1 saturated carbocycles. The van der Waals surface area contributed by atoms with Gasteiger partial charge in [-0.1, -0.05) is 45.4 Å². The van der Waals surface area contributed by atoms with Crippen LogP contribution in [0.3, 0.4) is 0 Å². The van der Waals surface area contributed by atoms with Crippen LogP contribution in [0.1, 0.15) is 64.7 Å². The third-order valence-corrected chi connectivity index (χ3v) is 4.08. The van der Waals surface area contributed by atoms with E-state index in [4.69, 9.17) is 11.6 Å². The van der Waals surface area contributed by atoms with Crippen molar-refractivity contribution in [1.29, 1.82) is 0 Å². The van der Waals surface area contributed by atoms with Crippen LogP contribution >= 0.6 is 11.6 Å². The largest absolute Gasteiger partial charge is 0.126 e. The minimum Gasteiger partial charge on any atom is -0.126 e. The van der Waals surface area contributed by atoms with Crippen LogP contribution in [0.5, 0.6) is 0 Å². The standard InChI is InChI=1S/C12H23Cl/c1-2-3-4-5-6-8-12(11-13)9-7-10-12/h2-11H2,1H3. The highest BCUT2D eigenvalue weighted by molar-refractivity contribution is 6.18. The molecule has 0 unspecified atom stereocenters. The highest BCUT2D eigenvalue weighted by Crippen LogP contribution is 2.45. The van der Waals surface area contributed by atoms with Gasteiger partial charge in [0.15, 0.2) is 0 Å². The maximum absolute atomic E-state index is 6.00. The third-order valence-electron chi connectivity index (χ3n) is 3.51. The number of hydrogen-bond donors (Lipinski definition) is 0. The van der Waals surface area contributed by atoms with E-state index < -0.39 is 0 Å². The van der Waals surface area contributed by atoms with Crippen molar-refractivity contribution in [3.8, 4) is 0 Å². The zero-order chi connectivity index (χ0) is 9.57. The Labute approximate surface area is 88.1 Å². The summed E-state index contributed by atoms with van der Waals surface area (Å²) in [6.45, 7) is 2.27. The molecule has 0 spiro atoms. The lowest BCUT2D eigenvalue weighted by atomic mass is 9.67. The summed E-state index contributed by atoms with van der Waals surface area (Å²) < 4.78 is 0. The Morgan fingerprint density at radius 3 is 2.23 bits per heavy atom. The molecule has 1 aliphatic rings. The molecule has 1 fully saturated rings. The van der Waals surface area contributed by atoms with Crippen molar-refractivity contribution in [2.45, 2.75) is 64.7 Å². The smallest absolute Gasteiger partial charge is 0.0279 e. The van der Waals surface area contributed by atoms with E-state index in [2.05, 4.69) is 6.92 Å². The molecule has 0 bridgehead atoms. The molecule has 78 valence electrons. The van der Waals surface area contributed by atoms with Crippen LogP contribution in [-0.2, 0) is 0 Å². The summed E-state index contributed by atoms with van der Waals surface area (Å²) in [5.74, 6) is 0.904. The SMILES string of the molecule is CCCCCCCC1(CCl)CCC1. The lowest BCUT2D eigenvalue weighted by Crippen LogP contribution is -2.30. The quantitative estimate of drug-likeness (QED) is 0.413. The Hall–Kier alpha value is 0.290. The van der Waals surface area contributed by atoms with E-state index in [0.717, 1.165) is 5.88 Å². The van der Waals surface area contributed by atoms with E-state index in [1.54, 1.807) is 0 Å². The summed E-state index contributed by atoms with van der Waals surface area (Å²) in [7, 11) is 0. The molecule has 0 saturated heterocycles. The van der Waals surface area contributed by atoms with Crippen molar-refractivity contribution >= 4 is 11.6 Å². The highest BCUT2D eigenvalue weighted by atomic mass is 35.5. The second kappa shape index (κ2) is 5.90. The van der Waals surface area contributed by atoms with Crippen LogP contribution in [0.15, 0.2) is 0 Å². The second-order valence-corrected chi connectivity index (χ2v) is 4.92. The van der Waals surface area contributed by atoms with Crippen molar-refractivity contribution < 1.29 is 0 Å². The number of halogens is 1. The van der Waals surface area contributed by atoms with Crippen LogP contribution < -0.4 is 0 Å². The first-order valence-corrected chi connectivity index (χ1v) is 6.42. The van der Waals surface area contributed by atoms with Gasteiger partial charge in [0, 0.05) is 5.88 Å². The van der Waals surface area contributed by atoms with Crippen LogP contribution in [0, 0.1) is 5.41 Å². The molecule has 1 rings (SSSR count). The molecular formula is C12H23Cl. The van der Waals surface area contributed by atoms with Gasteiger partial charge in [-0.15, -0.1) is 11.6 Å². The van der Waals surface area contributed by atoms with Crippen molar-refractivity contribution in [3.63, 3.8) is 0 Å². The fraction of sp³-hybridized carbons (Fsp3) is 1.00. The Balaban J connectivity index is 1.98. The maximum atomic E-state index is 6.00. The Bertz CT molecular complexity index is 122. The monoisotopic (exact) mass is 202 g/mol. The zero-order valence-corrected chi connectivity index (χ0v) is 9.70. The molecule has 1 aliphatic carbocycles. The lowest BCUT2D eigenvalue weighted by Gasteiger charge is -2.40. The molecule has 0 amide bonds. The van der Waals surface area contributed by atoms with Crippen molar-refractivity contribution in [1.82, 2.24) is 0 Å². The lowest BCUT2D eigenvalue weighted by molar-refractivity contribution is 0.146. The number of rotatable bonds is 7. The van der Waals surface area contributed by atoms with Crippen LogP contribution in [0.25, 0.3) is 0 Å². The second-order valence-electron chi connectivity index (χ2n) is 4.65. The Morgan fingerprint density at radius 2 is 1.77 bits per heavy atom. The summed E-state index contributed by atoms with van der Waals surface area (Å²) in [6, 6.07) is 0. The predicted molar refractivity (Wildman–Crippen MR) is 60.4 cm³/mol. The molecule has 0 N–H and O–H groups in total. The van der Waals surface area contributed by atoms with Gasteiger partial charge in [0.2, 0.25) is 0 Å².